The largest absolute Gasteiger partial charge is 0.481 e. The number of carboxylic acid groups (broad SMARTS) is 1. The Hall–Kier alpha value is -1.32. The lowest BCUT2D eigenvalue weighted by atomic mass is 9.77. The number of carboxylic acids is 1. The maximum atomic E-state index is 10.5. The second kappa shape index (κ2) is 3.92. The highest BCUT2D eigenvalue weighted by Gasteiger charge is 2.27. The van der Waals surface area contributed by atoms with Gasteiger partial charge < -0.3 is 5.11 Å². The van der Waals surface area contributed by atoms with Crippen molar-refractivity contribution in [1.29, 1.82) is 0 Å². The molecular weight excluding hydrogens is 204 g/mol. The van der Waals surface area contributed by atoms with Crippen molar-refractivity contribution in [2.24, 2.45) is 5.41 Å². The van der Waals surface area contributed by atoms with Gasteiger partial charge in [0.15, 0.2) is 0 Å². The van der Waals surface area contributed by atoms with Gasteiger partial charge in [-0.2, -0.15) is 5.10 Å². The highest BCUT2D eigenvalue weighted by Crippen LogP contribution is 2.34. The van der Waals surface area contributed by atoms with Crippen LogP contribution >= 0.6 is 0 Å². The van der Waals surface area contributed by atoms with E-state index in [4.69, 9.17) is 5.11 Å². The predicted molar refractivity (Wildman–Crippen MR) is 60.3 cm³/mol. The topological polar surface area (TPSA) is 55.1 Å². The number of hydrogen-bond acceptors (Lipinski definition) is 2. The first-order chi connectivity index (χ1) is 7.48. The van der Waals surface area contributed by atoms with Gasteiger partial charge in [0, 0.05) is 5.69 Å². The summed E-state index contributed by atoms with van der Waals surface area (Å²) in [6.07, 6.45) is 5.27. The van der Waals surface area contributed by atoms with Crippen LogP contribution in [-0.2, 0) is 24.2 Å². The minimum absolute atomic E-state index is 0.150. The fourth-order valence-corrected chi connectivity index (χ4v) is 2.34. The summed E-state index contributed by atoms with van der Waals surface area (Å²) < 4.78 is 1.86. The van der Waals surface area contributed by atoms with Crippen LogP contribution in [0.4, 0.5) is 0 Å². The molecule has 0 unspecified atom stereocenters. The highest BCUT2D eigenvalue weighted by atomic mass is 16.4. The lowest BCUT2D eigenvalue weighted by Crippen LogP contribution is -2.23. The fourth-order valence-electron chi connectivity index (χ4n) is 2.34. The molecule has 0 saturated carbocycles. The Bertz CT molecular complexity index is 407. The molecule has 0 fully saturated rings. The minimum Gasteiger partial charge on any atom is -0.481 e. The first-order valence-electron chi connectivity index (χ1n) is 5.73. The van der Waals surface area contributed by atoms with Gasteiger partial charge in [0.1, 0.15) is 0 Å². The van der Waals surface area contributed by atoms with Crippen LogP contribution in [0.5, 0.6) is 0 Å². The van der Waals surface area contributed by atoms with Crippen molar-refractivity contribution in [2.45, 2.75) is 46.1 Å². The Balaban J connectivity index is 2.13. The molecule has 0 atom stereocenters. The Kier molecular flexibility index (Phi) is 2.74. The zero-order valence-corrected chi connectivity index (χ0v) is 9.86. The maximum Gasteiger partial charge on any atom is 0.305 e. The minimum atomic E-state index is -0.764. The van der Waals surface area contributed by atoms with E-state index < -0.39 is 5.97 Å². The Labute approximate surface area is 95.3 Å². The molecule has 1 aliphatic carbocycles. The lowest BCUT2D eigenvalue weighted by Gasteiger charge is -2.29. The van der Waals surface area contributed by atoms with Gasteiger partial charge in [-0.05, 0) is 30.2 Å². The second-order valence-corrected chi connectivity index (χ2v) is 5.32. The standard InChI is InChI=1S/C12H18N2O2/c1-12(2)5-3-10-9(7-12)8-13-14(10)6-4-11(15)16/h8H,3-7H2,1-2H3,(H,15,16). The fraction of sp³-hybridized carbons (Fsp3) is 0.667. The van der Waals surface area contributed by atoms with E-state index in [9.17, 15) is 4.79 Å². The van der Waals surface area contributed by atoms with Crippen LogP contribution in [0.25, 0.3) is 0 Å². The van der Waals surface area contributed by atoms with Gasteiger partial charge in [0.05, 0.1) is 19.2 Å². The highest BCUT2D eigenvalue weighted by molar-refractivity contribution is 5.66. The smallest absolute Gasteiger partial charge is 0.305 e. The molecule has 16 heavy (non-hydrogen) atoms. The molecular formula is C12H18N2O2. The van der Waals surface area contributed by atoms with Crippen molar-refractivity contribution in [3.63, 3.8) is 0 Å². The van der Waals surface area contributed by atoms with Crippen LogP contribution in [0, 0.1) is 5.41 Å². The Morgan fingerprint density at radius 1 is 1.62 bits per heavy atom. The third-order valence-corrected chi connectivity index (χ3v) is 3.28. The molecule has 0 saturated heterocycles. The molecule has 0 bridgehead atoms. The average molecular weight is 222 g/mol. The molecule has 88 valence electrons. The van der Waals surface area contributed by atoms with E-state index in [0.717, 1.165) is 19.3 Å². The zero-order chi connectivity index (χ0) is 11.8. The van der Waals surface area contributed by atoms with Crippen LogP contribution in [0.1, 0.15) is 37.9 Å². The molecule has 4 nitrogen and oxygen atoms in total. The van der Waals surface area contributed by atoms with Crippen molar-refractivity contribution in [3.8, 4) is 0 Å². The van der Waals surface area contributed by atoms with Crippen LogP contribution in [0.3, 0.4) is 0 Å². The molecule has 1 aromatic rings. The van der Waals surface area contributed by atoms with Crippen LogP contribution < -0.4 is 0 Å². The molecule has 0 aromatic carbocycles. The number of aliphatic carboxylic acids is 1. The van der Waals surface area contributed by atoms with Gasteiger partial charge >= 0.3 is 5.97 Å². The zero-order valence-electron chi connectivity index (χ0n) is 9.86. The predicted octanol–water partition coefficient (Wildman–Crippen LogP) is 1.87. The molecule has 0 radical (unpaired) electrons. The molecule has 1 aliphatic rings. The number of nitrogens with zero attached hydrogens (tertiary/aromatic N) is 2. The van der Waals surface area contributed by atoms with Crippen LogP contribution in [-0.4, -0.2) is 20.9 Å². The summed E-state index contributed by atoms with van der Waals surface area (Å²) >= 11 is 0. The molecule has 0 spiro atoms. The molecule has 1 N–H and O–H groups in total. The van der Waals surface area contributed by atoms with Crippen molar-refractivity contribution < 1.29 is 9.90 Å². The quantitative estimate of drug-likeness (QED) is 0.849. The Morgan fingerprint density at radius 3 is 3.06 bits per heavy atom. The van der Waals surface area contributed by atoms with Gasteiger partial charge in [-0.15, -0.1) is 0 Å². The van der Waals surface area contributed by atoms with E-state index in [-0.39, 0.29) is 6.42 Å². The second-order valence-electron chi connectivity index (χ2n) is 5.32. The number of rotatable bonds is 3. The monoisotopic (exact) mass is 222 g/mol. The summed E-state index contributed by atoms with van der Waals surface area (Å²) in [5.41, 5.74) is 2.88. The van der Waals surface area contributed by atoms with Crippen molar-refractivity contribution in [1.82, 2.24) is 9.78 Å². The molecule has 0 aliphatic heterocycles. The third-order valence-electron chi connectivity index (χ3n) is 3.28. The first-order valence-corrected chi connectivity index (χ1v) is 5.73. The molecule has 4 heteroatoms. The van der Waals surface area contributed by atoms with Crippen molar-refractivity contribution in [3.05, 3.63) is 17.5 Å². The maximum absolute atomic E-state index is 10.5. The number of fused-ring (bicyclic) bond motifs is 1. The number of aromatic nitrogens is 2. The normalized spacial score (nSPS) is 18.1. The molecule has 1 aromatic heterocycles. The van der Waals surface area contributed by atoms with E-state index >= 15 is 0 Å². The van der Waals surface area contributed by atoms with Crippen molar-refractivity contribution in [2.75, 3.05) is 0 Å². The molecule has 0 amide bonds. The summed E-state index contributed by atoms with van der Waals surface area (Å²) in [5, 5.41) is 12.9. The summed E-state index contributed by atoms with van der Waals surface area (Å²) in [7, 11) is 0. The lowest BCUT2D eigenvalue weighted by molar-refractivity contribution is -0.137. The average Bonchev–Trinajstić information content (AvgIpc) is 2.55. The van der Waals surface area contributed by atoms with Gasteiger partial charge in [0.25, 0.3) is 0 Å². The summed E-state index contributed by atoms with van der Waals surface area (Å²) in [6.45, 7) is 5.03. The summed E-state index contributed by atoms with van der Waals surface area (Å²) in [6, 6.07) is 0. The van der Waals surface area contributed by atoms with E-state index in [1.54, 1.807) is 0 Å². The number of carbonyl (C=O) groups is 1. The van der Waals surface area contributed by atoms with Gasteiger partial charge in [-0.3, -0.25) is 9.48 Å². The van der Waals surface area contributed by atoms with Gasteiger partial charge in [0.2, 0.25) is 0 Å². The van der Waals surface area contributed by atoms with Crippen molar-refractivity contribution >= 4 is 5.97 Å². The van der Waals surface area contributed by atoms with E-state index in [1.807, 2.05) is 10.9 Å². The van der Waals surface area contributed by atoms with Crippen LogP contribution in [0.15, 0.2) is 6.20 Å². The summed E-state index contributed by atoms with van der Waals surface area (Å²) in [5.74, 6) is -0.764. The molecule has 1 heterocycles. The SMILES string of the molecule is CC1(C)CCc2c(cnn2CCC(=O)O)C1. The molecule has 2 rings (SSSR count). The number of hydrogen-bond donors (Lipinski definition) is 1. The van der Waals surface area contributed by atoms with Crippen LogP contribution in [0.2, 0.25) is 0 Å². The third kappa shape index (κ3) is 2.26. The van der Waals surface area contributed by atoms with Gasteiger partial charge in [-0.25, -0.2) is 0 Å². The Morgan fingerprint density at radius 2 is 2.38 bits per heavy atom. The first kappa shape index (κ1) is 11.2. The summed E-state index contributed by atoms with van der Waals surface area (Å²) in [4.78, 5) is 10.5. The van der Waals surface area contributed by atoms with E-state index in [2.05, 4.69) is 18.9 Å². The van der Waals surface area contributed by atoms with E-state index in [0.29, 0.717) is 12.0 Å². The number of aryl methyl sites for hydroxylation is 1. The van der Waals surface area contributed by atoms with E-state index in [1.165, 1.54) is 11.3 Å². The van der Waals surface area contributed by atoms with Gasteiger partial charge in [-0.1, -0.05) is 13.8 Å².